The summed E-state index contributed by atoms with van der Waals surface area (Å²) in [4.78, 5) is 30.7. The van der Waals surface area contributed by atoms with E-state index in [1.165, 1.54) is 13.4 Å². The Bertz CT molecular complexity index is 974. The van der Waals surface area contributed by atoms with E-state index >= 15 is 0 Å². The molecule has 1 amide bonds. The number of aromatic nitrogens is 3. The fourth-order valence-corrected chi connectivity index (χ4v) is 3.29. The molecule has 0 aliphatic heterocycles. The Morgan fingerprint density at radius 3 is 2.45 bits per heavy atom. The summed E-state index contributed by atoms with van der Waals surface area (Å²) in [5.74, 6) is -0.698. The SMILES string of the molecule is COC(=O)C(Cc1ccccc1)NC(=O)CN(C)C(C)c1ccc(-n2cncn2)cc1. The molecule has 162 valence electrons. The molecule has 0 aliphatic carbocycles. The van der Waals surface area contributed by atoms with Crippen molar-refractivity contribution in [2.75, 3.05) is 20.7 Å². The van der Waals surface area contributed by atoms with Crippen LogP contribution < -0.4 is 5.32 Å². The second kappa shape index (κ2) is 10.5. The number of benzene rings is 2. The average Bonchev–Trinajstić information content (AvgIpc) is 3.33. The van der Waals surface area contributed by atoms with Crippen LogP contribution in [0, 0.1) is 0 Å². The van der Waals surface area contributed by atoms with Gasteiger partial charge in [-0.25, -0.2) is 14.5 Å². The Balaban J connectivity index is 1.59. The van der Waals surface area contributed by atoms with Gasteiger partial charge >= 0.3 is 5.97 Å². The number of nitrogens with zero attached hydrogens (tertiary/aromatic N) is 4. The van der Waals surface area contributed by atoms with E-state index in [0.29, 0.717) is 6.42 Å². The molecule has 0 aliphatic rings. The van der Waals surface area contributed by atoms with Crippen LogP contribution >= 0.6 is 0 Å². The van der Waals surface area contributed by atoms with Crippen LogP contribution in [0.4, 0.5) is 0 Å². The lowest BCUT2D eigenvalue weighted by molar-refractivity contribution is -0.145. The van der Waals surface area contributed by atoms with E-state index in [1.807, 2.05) is 73.5 Å². The molecule has 0 saturated carbocycles. The predicted octanol–water partition coefficient (Wildman–Crippen LogP) is 2.16. The number of ether oxygens (including phenoxy) is 1. The van der Waals surface area contributed by atoms with Gasteiger partial charge in [-0.15, -0.1) is 0 Å². The van der Waals surface area contributed by atoms with Crippen LogP contribution in [0.1, 0.15) is 24.1 Å². The third kappa shape index (κ3) is 5.99. The first kappa shape index (κ1) is 22.2. The molecular formula is C23H27N5O3. The largest absolute Gasteiger partial charge is 0.467 e. The van der Waals surface area contributed by atoms with Gasteiger partial charge in [0.25, 0.3) is 0 Å². The number of carbonyl (C=O) groups is 2. The molecule has 8 heteroatoms. The molecule has 8 nitrogen and oxygen atoms in total. The first-order chi connectivity index (χ1) is 15.0. The smallest absolute Gasteiger partial charge is 0.328 e. The van der Waals surface area contributed by atoms with Crippen molar-refractivity contribution in [3.63, 3.8) is 0 Å². The highest BCUT2D eigenvalue weighted by Crippen LogP contribution is 2.20. The third-order valence-electron chi connectivity index (χ3n) is 5.22. The van der Waals surface area contributed by atoms with Gasteiger partial charge in [-0.05, 0) is 37.2 Å². The van der Waals surface area contributed by atoms with Gasteiger partial charge < -0.3 is 10.1 Å². The fraction of sp³-hybridized carbons (Fsp3) is 0.304. The highest BCUT2D eigenvalue weighted by atomic mass is 16.5. The maximum absolute atomic E-state index is 12.6. The second-order valence-electron chi connectivity index (χ2n) is 7.36. The number of nitrogens with one attached hydrogen (secondary N) is 1. The topological polar surface area (TPSA) is 89.4 Å². The Kier molecular flexibility index (Phi) is 7.50. The molecule has 3 aromatic rings. The van der Waals surface area contributed by atoms with E-state index in [2.05, 4.69) is 15.4 Å². The number of hydrogen-bond acceptors (Lipinski definition) is 6. The van der Waals surface area contributed by atoms with Crippen LogP contribution in [0.25, 0.3) is 5.69 Å². The van der Waals surface area contributed by atoms with Crippen molar-refractivity contribution < 1.29 is 14.3 Å². The molecule has 0 radical (unpaired) electrons. The number of methoxy groups -OCH3 is 1. The van der Waals surface area contributed by atoms with E-state index in [1.54, 1.807) is 11.0 Å². The zero-order chi connectivity index (χ0) is 22.2. The van der Waals surface area contributed by atoms with Crippen molar-refractivity contribution >= 4 is 11.9 Å². The molecule has 0 saturated heterocycles. The van der Waals surface area contributed by atoms with Crippen LogP contribution in [0.2, 0.25) is 0 Å². The van der Waals surface area contributed by atoms with Gasteiger partial charge in [-0.2, -0.15) is 5.10 Å². The van der Waals surface area contributed by atoms with Crippen LogP contribution in [0.3, 0.4) is 0 Å². The molecule has 0 spiro atoms. The van der Waals surface area contributed by atoms with Crippen molar-refractivity contribution in [3.8, 4) is 5.69 Å². The lowest BCUT2D eigenvalue weighted by Gasteiger charge is -2.25. The van der Waals surface area contributed by atoms with E-state index in [-0.39, 0.29) is 18.5 Å². The Morgan fingerprint density at radius 2 is 1.84 bits per heavy atom. The van der Waals surface area contributed by atoms with Crippen molar-refractivity contribution in [2.45, 2.75) is 25.4 Å². The van der Waals surface area contributed by atoms with Gasteiger partial charge in [0.15, 0.2) is 0 Å². The minimum absolute atomic E-state index is 0.00115. The fourth-order valence-electron chi connectivity index (χ4n) is 3.29. The van der Waals surface area contributed by atoms with E-state index in [0.717, 1.165) is 16.8 Å². The maximum atomic E-state index is 12.6. The summed E-state index contributed by atoms with van der Waals surface area (Å²) in [6, 6.07) is 16.7. The normalized spacial score (nSPS) is 12.9. The molecular weight excluding hydrogens is 394 g/mol. The van der Waals surface area contributed by atoms with Crippen molar-refractivity contribution in [2.24, 2.45) is 0 Å². The number of amides is 1. The zero-order valence-electron chi connectivity index (χ0n) is 17.9. The molecule has 2 unspecified atom stereocenters. The molecule has 2 atom stereocenters. The summed E-state index contributed by atoms with van der Waals surface area (Å²) < 4.78 is 6.56. The molecule has 1 heterocycles. The van der Waals surface area contributed by atoms with Crippen LogP contribution in [-0.4, -0.2) is 58.3 Å². The van der Waals surface area contributed by atoms with Crippen LogP contribution in [0.5, 0.6) is 0 Å². The Labute approximate surface area is 181 Å². The lowest BCUT2D eigenvalue weighted by atomic mass is 10.1. The Hall–Kier alpha value is -3.52. The van der Waals surface area contributed by atoms with Crippen molar-refractivity contribution in [3.05, 3.63) is 78.4 Å². The van der Waals surface area contributed by atoms with E-state index in [9.17, 15) is 9.59 Å². The molecule has 1 N–H and O–H groups in total. The predicted molar refractivity (Wildman–Crippen MR) is 116 cm³/mol. The molecule has 0 fully saturated rings. The van der Waals surface area contributed by atoms with E-state index in [4.69, 9.17) is 4.74 Å². The minimum Gasteiger partial charge on any atom is -0.467 e. The summed E-state index contributed by atoms with van der Waals surface area (Å²) in [7, 11) is 3.20. The number of rotatable bonds is 9. The monoisotopic (exact) mass is 421 g/mol. The second-order valence-corrected chi connectivity index (χ2v) is 7.36. The number of hydrogen-bond donors (Lipinski definition) is 1. The summed E-state index contributed by atoms with van der Waals surface area (Å²) >= 11 is 0. The summed E-state index contributed by atoms with van der Waals surface area (Å²) in [5.41, 5.74) is 2.93. The number of likely N-dealkylation sites (N-methyl/N-ethyl adjacent to an activating group) is 1. The quantitative estimate of drug-likeness (QED) is 0.533. The molecule has 0 bridgehead atoms. The van der Waals surface area contributed by atoms with Gasteiger partial charge in [0, 0.05) is 12.5 Å². The summed E-state index contributed by atoms with van der Waals surface area (Å²) in [5, 5.41) is 6.93. The van der Waals surface area contributed by atoms with Crippen molar-refractivity contribution in [1.29, 1.82) is 0 Å². The summed E-state index contributed by atoms with van der Waals surface area (Å²) in [6.07, 6.45) is 3.51. The minimum atomic E-state index is -0.731. The third-order valence-corrected chi connectivity index (χ3v) is 5.22. The zero-order valence-corrected chi connectivity index (χ0v) is 17.9. The van der Waals surface area contributed by atoms with Gasteiger partial charge in [0.1, 0.15) is 18.7 Å². The van der Waals surface area contributed by atoms with E-state index < -0.39 is 12.0 Å². The number of esters is 1. The highest BCUT2D eigenvalue weighted by molar-refractivity contribution is 5.85. The Morgan fingerprint density at radius 1 is 1.13 bits per heavy atom. The van der Waals surface area contributed by atoms with Crippen LogP contribution in [-0.2, 0) is 20.7 Å². The highest BCUT2D eigenvalue weighted by Gasteiger charge is 2.23. The van der Waals surface area contributed by atoms with Gasteiger partial charge in [0.05, 0.1) is 19.3 Å². The average molecular weight is 422 g/mol. The summed E-state index contributed by atoms with van der Waals surface area (Å²) in [6.45, 7) is 2.17. The first-order valence-electron chi connectivity index (χ1n) is 10.0. The molecule has 2 aromatic carbocycles. The van der Waals surface area contributed by atoms with Gasteiger partial charge in [-0.1, -0.05) is 42.5 Å². The molecule has 1 aromatic heterocycles. The molecule has 3 rings (SSSR count). The maximum Gasteiger partial charge on any atom is 0.328 e. The standard InChI is InChI=1S/C23H27N5O3/c1-17(19-9-11-20(12-10-19)28-16-24-15-25-28)27(2)14-22(29)26-21(23(30)31-3)13-18-7-5-4-6-8-18/h4-12,15-17,21H,13-14H2,1-3H3,(H,26,29). The van der Waals surface area contributed by atoms with Crippen LogP contribution in [0.15, 0.2) is 67.3 Å². The van der Waals surface area contributed by atoms with Gasteiger partial charge in [0.2, 0.25) is 5.91 Å². The molecule has 31 heavy (non-hydrogen) atoms. The number of carbonyl (C=O) groups excluding carboxylic acids is 2. The first-order valence-corrected chi connectivity index (χ1v) is 10.0. The van der Waals surface area contributed by atoms with Crippen molar-refractivity contribution in [1.82, 2.24) is 25.0 Å². The van der Waals surface area contributed by atoms with Gasteiger partial charge in [-0.3, -0.25) is 9.69 Å². The lowest BCUT2D eigenvalue weighted by Crippen LogP contribution is -2.46.